The number of rotatable bonds is 8. The van der Waals surface area contributed by atoms with Gasteiger partial charge in [-0.1, -0.05) is 49.4 Å². The Hall–Kier alpha value is -4.06. The fourth-order valence-electron chi connectivity index (χ4n) is 5.15. The molecule has 0 saturated carbocycles. The van der Waals surface area contributed by atoms with Gasteiger partial charge in [-0.3, -0.25) is 9.59 Å². The Morgan fingerprint density at radius 1 is 0.919 bits per heavy atom. The van der Waals surface area contributed by atoms with Crippen LogP contribution in [0.3, 0.4) is 0 Å². The van der Waals surface area contributed by atoms with E-state index in [0.29, 0.717) is 47.8 Å². The zero-order valence-corrected chi connectivity index (χ0v) is 21.7. The third-order valence-corrected chi connectivity index (χ3v) is 6.70. The van der Waals surface area contributed by atoms with Crippen molar-refractivity contribution in [2.75, 3.05) is 13.2 Å². The van der Waals surface area contributed by atoms with Crippen LogP contribution in [0.25, 0.3) is 11.0 Å². The van der Waals surface area contributed by atoms with Crippen LogP contribution in [-0.4, -0.2) is 24.0 Å². The lowest BCUT2D eigenvalue weighted by molar-refractivity contribution is 0.0728. The topological polar surface area (TPSA) is 69.0 Å². The quantitative estimate of drug-likeness (QED) is 0.284. The molecule has 6 nitrogen and oxygen atoms in total. The van der Waals surface area contributed by atoms with Gasteiger partial charge in [-0.05, 0) is 67.6 Å². The Morgan fingerprint density at radius 2 is 1.70 bits per heavy atom. The van der Waals surface area contributed by atoms with Crippen LogP contribution < -0.4 is 14.9 Å². The van der Waals surface area contributed by atoms with Crippen molar-refractivity contribution in [2.45, 2.75) is 46.8 Å². The molecular formula is C31H31NO5. The number of carbonyl (C=O) groups excluding carboxylic acids is 1. The van der Waals surface area contributed by atoms with Gasteiger partial charge in [0.15, 0.2) is 16.9 Å². The maximum absolute atomic E-state index is 13.9. The molecule has 0 radical (unpaired) electrons. The Kier molecular flexibility index (Phi) is 6.74. The lowest BCUT2D eigenvalue weighted by Gasteiger charge is -2.25. The highest BCUT2D eigenvalue weighted by molar-refractivity contribution is 5.99. The van der Waals surface area contributed by atoms with Gasteiger partial charge in [0, 0.05) is 6.54 Å². The molecule has 0 aliphatic carbocycles. The van der Waals surface area contributed by atoms with Crippen molar-refractivity contribution in [3.8, 4) is 11.5 Å². The fourth-order valence-corrected chi connectivity index (χ4v) is 5.15. The van der Waals surface area contributed by atoms with Crippen LogP contribution in [0.2, 0.25) is 0 Å². The number of benzene rings is 3. The number of fused-ring (bicyclic) bond motifs is 2. The molecule has 0 bridgehead atoms. The zero-order valence-electron chi connectivity index (χ0n) is 21.7. The summed E-state index contributed by atoms with van der Waals surface area (Å²) in [6.45, 7) is 9.13. The Morgan fingerprint density at radius 3 is 2.43 bits per heavy atom. The third-order valence-electron chi connectivity index (χ3n) is 6.70. The predicted molar refractivity (Wildman–Crippen MR) is 144 cm³/mol. The summed E-state index contributed by atoms with van der Waals surface area (Å²) in [7, 11) is 0. The second kappa shape index (κ2) is 10.1. The van der Waals surface area contributed by atoms with Crippen LogP contribution >= 0.6 is 0 Å². The lowest BCUT2D eigenvalue weighted by atomic mass is 9.96. The summed E-state index contributed by atoms with van der Waals surface area (Å²) < 4.78 is 18.1. The number of ether oxygens (including phenoxy) is 2. The molecule has 0 fully saturated rings. The number of nitrogens with zero attached hydrogens (tertiary/aromatic N) is 1. The summed E-state index contributed by atoms with van der Waals surface area (Å²) in [6.07, 6.45) is 0.749. The Labute approximate surface area is 216 Å². The largest absolute Gasteiger partial charge is 0.490 e. The van der Waals surface area contributed by atoms with Gasteiger partial charge < -0.3 is 18.8 Å². The normalized spacial score (nSPS) is 14.8. The van der Waals surface area contributed by atoms with E-state index in [1.165, 1.54) is 0 Å². The van der Waals surface area contributed by atoms with Crippen LogP contribution in [0.5, 0.6) is 11.5 Å². The van der Waals surface area contributed by atoms with Gasteiger partial charge in [0.25, 0.3) is 5.91 Å². The van der Waals surface area contributed by atoms with E-state index < -0.39 is 6.04 Å². The summed E-state index contributed by atoms with van der Waals surface area (Å²) in [4.78, 5) is 29.1. The van der Waals surface area contributed by atoms with Gasteiger partial charge in [0.05, 0.1) is 23.6 Å². The summed E-state index contributed by atoms with van der Waals surface area (Å²) >= 11 is 0. The van der Waals surface area contributed by atoms with Gasteiger partial charge in [0.1, 0.15) is 12.2 Å². The number of aryl methyl sites for hydroxylation is 2. The Balaban J connectivity index is 1.62. The van der Waals surface area contributed by atoms with Crippen molar-refractivity contribution in [3.63, 3.8) is 0 Å². The first-order chi connectivity index (χ1) is 17.9. The van der Waals surface area contributed by atoms with E-state index in [2.05, 4.69) is 0 Å². The summed E-state index contributed by atoms with van der Waals surface area (Å²) in [5.41, 5.74) is 4.33. The van der Waals surface area contributed by atoms with Crippen molar-refractivity contribution in [1.29, 1.82) is 0 Å². The maximum Gasteiger partial charge on any atom is 0.290 e. The monoisotopic (exact) mass is 497 g/mol. The lowest BCUT2D eigenvalue weighted by Crippen LogP contribution is -2.30. The van der Waals surface area contributed by atoms with Gasteiger partial charge in [0.2, 0.25) is 5.76 Å². The molecule has 190 valence electrons. The molecular weight excluding hydrogens is 466 g/mol. The van der Waals surface area contributed by atoms with E-state index in [4.69, 9.17) is 13.9 Å². The van der Waals surface area contributed by atoms with Crippen LogP contribution in [0, 0.1) is 13.8 Å². The number of amides is 1. The molecule has 1 unspecified atom stereocenters. The van der Waals surface area contributed by atoms with Crippen molar-refractivity contribution >= 4 is 16.9 Å². The minimum absolute atomic E-state index is 0.128. The predicted octanol–water partition coefficient (Wildman–Crippen LogP) is 6.34. The van der Waals surface area contributed by atoms with E-state index in [0.717, 1.165) is 28.7 Å². The number of hydrogen-bond donors (Lipinski definition) is 0. The molecule has 1 amide bonds. The number of hydrogen-bond acceptors (Lipinski definition) is 5. The summed E-state index contributed by atoms with van der Waals surface area (Å²) in [5, 5.41) is 0.522. The van der Waals surface area contributed by atoms with E-state index in [1.807, 2.05) is 88.4 Å². The van der Waals surface area contributed by atoms with E-state index in [-0.39, 0.29) is 17.1 Å². The molecule has 1 atom stereocenters. The average Bonchev–Trinajstić information content (AvgIpc) is 3.15. The summed E-state index contributed by atoms with van der Waals surface area (Å²) in [6, 6.07) is 18.8. The van der Waals surface area contributed by atoms with Gasteiger partial charge in [-0.25, -0.2) is 0 Å². The first-order valence-electron chi connectivity index (χ1n) is 12.7. The molecule has 6 heteroatoms. The minimum atomic E-state index is -0.564. The van der Waals surface area contributed by atoms with Gasteiger partial charge >= 0.3 is 0 Å². The highest BCUT2D eigenvalue weighted by atomic mass is 16.5. The fraction of sp³-hybridized carbons (Fsp3) is 0.290. The van der Waals surface area contributed by atoms with Gasteiger partial charge in [-0.2, -0.15) is 0 Å². The Bertz CT molecular complexity index is 1520. The highest BCUT2D eigenvalue weighted by Crippen LogP contribution is 2.41. The first-order valence-corrected chi connectivity index (χ1v) is 12.7. The molecule has 0 spiro atoms. The molecule has 1 aliphatic rings. The molecule has 0 N–H and O–H groups in total. The molecule has 0 saturated heterocycles. The summed E-state index contributed by atoms with van der Waals surface area (Å²) in [5.74, 6) is 1.05. The highest BCUT2D eigenvalue weighted by Gasteiger charge is 2.42. The molecule has 5 rings (SSSR count). The van der Waals surface area contributed by atoms with Crippen LogP contribution in [0.4, 0.5) is 0 Å². The van der Waals surface area contributed by atoms with Crippen LogP contribution in [0.15, 0.2) is 69.9 Å². The van der Waals surface area contributed by atoms with E-state index in [9.17, 15) is 9.59 Å². The van der Waals surface area contributed by atoms with Crippen molar-refractivity contribution in [1.82, 2.24) is 4.90 Å². The molecule has 2 heterocycles. The van der Waals surface area contributed by atoms with Crippen LogP contribution in [-0.2, 0) is 6.61 Å². The van der Waals surface area contributed by atoms with E-state index in [1.54, 1.807) is 4.90 Å². The standard InChI is InChI=1S/C31H31NO5/c1-5-14-32-28(27-29(33)26-20(4)15-19(3)16-25(26)37-30(27)31(32)34)22-12-13-23(24(17-22)35-6-2)36-18-21-10-8-7-9-11-21/h7-13,15-17,28H,5-6,14,18H2,1-4H3. The zero-order chi connectivity index (χ0) is 26.1. The maximum atomic E-state index is 13.9. The van der Waals surface area contributed by atoms with E-state index >= 15 is 0 Å². The average molecular weight is 498 g/mol. The second-order valence-corrected chi connectivity index (χ2v) is 9.44. The number of carbonyl (C=O) groups is 1. The third kappa shape index (κ3) is 4.48. The van der Waals surface area contributed by atoms with Crippen molar-refractivity contribution < 1.29 is 18.7 Å². The smallest absolute Gasteiger partial charge is 0.290 e. The molecule has 3 aromatic carbocycles. The first kappa shape index (κ1) is 24.6. The SMILES string of the molecule is CCCN1C(=O)c2oc3cc(C)cc(C)c3c(=O)c2C1c1ccc(OCc2ccccc2)c(OCC)c1. The van der Waals surface area contributed by atoms with Crippen molar-refractivity contribution in [3.05, 3.63) is 104 Å². The van der Waals surface area contributed by atoms with Gasteiger partial charge in [-0.15, -0.1) is 0 Å². The van der Waals surface area contributed by atoms with Crippen molar-refractivity contribution in [2.24, 2.45) is 0 Å². The second-order valence-electron chi connectivity index (χ2n) is 9.44. The van der Waals surface area contributed by atoms with Crippen LogP contribution in [0.1, 0.15) is 64.7 Å². The molecule has 1 aromatic heterocycles. The molecule has 4 aromatic rings. The minimum Gasteiger partial charge on any atom is -0.490 e. The molecule has 37 heavy (non-hydrogen) atoms. The molecule has 1 aliphatic heterocycles.